The third-order valence-corrected chi connectivity index (χ3v) is 7.90. The number of aryl methyl sites for hydroxylation is 1. The van der Waals surface area contributed by atoms with Crippen LogP contribution in [-0.2, 0) is 9.53 Å². The zero-order chi connectivity index (χ0) is 26.4. The predicted octanol–water partition coefficient (Wildman–Crippen LogP) is 5.58. The van der Waals surface area contributed by atoms with Crippen LogP contribution >= 0.6 is 0 Å². The molecule has 7 nitrogen and oxygen atoms in total. The first kappa shape index (κ1) is 25.3. The smallest absolute Gasteiger partial charge is 0.268 e. The number of rotatable bonds is 6. The lowest BCUT2D eigenvalue weighted by Crippen LogP contribution is -2.48. The minimum absolute atomic E-state index is 0.196. The number of ether oxygens (including phenoxy) is 1. The Hall–Kier alpha value is -3.32. The van der Waals surface area contributed by atoms with Crippen molar-refractivity contribution >= 4 is 16.8 Å². The molecule has 1 aromatic carbocycles. The largest absolute Gasteiger partial charge is 0.469 e. The van der Waals surface area contributed by atoms with Gasteiger partial charge in [-0.05, 0) is 76.3 Å². The highest BCUT2D eigenvalue weighted by atomic mass is 16.5. The molecule has 0 saturated carbocycles. The Bertz CT molecular complexity index is 1350. The van der Waals surface area contributed by atoms with Crippen LogP contribution in [0.3, 0.4) is 0 Å². The Balaban J connectivity index is 1.56. The van der Waals surface area contributed by atoms with E-state index in [1.165, 1.54) is 10.9 Å². The van der Waals surface area contributed by atoms with Crippen molar-refractivity contribution in [1.82, 2.24) is 19.8 Å². The molecule has 1 atom stereocenters. The fraction of sp³-hybridized carbons (Fsp3) is 0.467. The van der Waals surface area contributed by atoms with Gasteiger partial charge in [-0.15, -0.1) is 0 Å². The quantitative estimate of drug-likeness (QED) is 0.460. The average molecular weight is 502 g/mol. The standard InChI is InChI=1S/C30H39N5O2/c1-17(2)26-24-16-22(7-8-25(24)33-27(26)21-9-12-32-19(5)15-21)30-35(28(29(31)36)20(6)37-30)23-10-13-34(14-11-23)18(3)4/h7-9,12,15-18,23,30,33H,10-11,13-14H2,1-6H3,(H2,31,36). The molecule has 2 aliphatic heterocycles. The van der Waals surface area contributed by atoms with E-state index < -0.39 is 5.91 Å². The summed E-state index contributed by atoms with van der Waals surface area (Å²) in [4.78, 5) is 25.3. The molecule has 0 radical (unpaired) electrons. The van der Waals surface area contributed by atoms with E-state index in [1.54, 1.807) is 0 Å². The number of carbonyl (C=O) groups excluding carboxylic acids is 1. The van der Waals surface area contributed by atoms with Crippen molar-refractivity contribution in [3.05, 3.63) is 64.8 Å². The number of amides is 1. The summed E-state index contributed by atoms with van der Waals surface area (Å²) in [6.07, 6.45) is 3.43. The molecule has 0 bridgehead atoms. The van der Waals surface area contributed by atoms with E-state index in [0.717, 1.165) is 54.0 Å². The van der Waals surface area contributed by atoms with E-state index in [1.807, 2.05) is 20.0 Å². The molecule has 1 unspecified atom stereocenters. The van der Waals surface area contributed by atoms with Crippen LogP contribution in [0.25, 0.3) is 22.2 Å². The Morgan fingerprint density at radius 3 is 2.46 bits per heavy atom. The fourth-order valence-electron chi connectivity index (χ4n) is 6.08. The fourth-order valence-corrected chi connectivity index (χ4v) is 6.08. The van der Waals surface area contributed by atoms with Gasteiger partial charge in [-0.3, -0.25) is 9.78 Å². The van der Waals surface area contributed by atoms with Gasteiger partial charge < -0.3 is 25.3 Å². The molecular formula is C30H39N5O2. The topological polar surface area (TPSA) is 87.5 Å². The summed E-state index contributed by atoms with van der Waals surface area (Å²) in [6, 6.07) is 11.4. The van der Waals surface area contributed by atoms with Crippen LogP contribution in [-0.4, -0.2) is 50.8 Å². The second-order valence-corrected chi connectivity index (χ2v) is 11.1. The molecule has 3 aromatic rings. The van der Waals surface area contributed by atoms with Crippen molar-refractivity contribution in [2.75, 3.05) is 13.1 Å². The Kier molecular flexibility index (Phi) is 6.75. The number of nitrogens with zero attached hydrogens (tertiary/aromatic N) is 3. The SMILES string of the molecule is CC1=C(C(N)=O)N(C2CCN(C(C)C)CC2)C(c2ccc3[nH]c(-c4ccnc(C)c4)c(C(C)C)c3c2)O1. The highest BCUT2D eigenvalue weighted by molar-refractivity contribution is 5.93. The van der Waals surface area contributed by atoms with E-state index in [0.29, 0.717) is 23.4 Å². The first-order valence-electron chi connectivity index (χ1n) is 13.4. The molecule has 7 heteroatoms. The van der Waals surface area contributed by atoms with Crippen LogP contribution in [0, 0.1) is 6.92 Å². The predicted molar refractivity (Wildman–Crippen MR) is 148 cm³/mol. The van der Waals surface area contributed by atoms with Gasteiger partial charge in [-0.1, -0.05) is 19.9 Å². The van der Waals surface area contributed by atoms with Crippen LogP contribution in [0.4, 0.5) is 0 Å². The van der Waals surface area contributed by atoms with E-state index in [2.05, 4.69) is 77.8 Å². The van der Waals surface area contributed by atoms with Crippen molar-refractivity contribution in [1.29, 1.82) is 0 Å². The van der Waals surface area contributed by atoms with Gasteiger partial charge in [-0.25, -0.2) is 0 Å². The average Bonchev–Trinajstić information content (AvgIpc) is 3.41. The van der Waals surface area contributed by atoms with Gasteiger partial charge in [0.2, 0.25) is 0 Å². The number of hydrogen-bond acceptors (Lipinski definition) is 5. The number of pyridine rings is 1. The van der Waals surface area contributed by atoms with Gasteiger partial charge in [0.15, 0.2) is 6.23 Å². The Labute approximate surface area is 219 Å². The van der Waals surface area contributed by atoms with Crippen LogP contribution in [0.1, 0.15) is 76.4 Å². The number of fused-ring (bicyclic) bond motifs is 1. The summed E-state index contributed by atoms with van der Waals surface area (Å²) in [5, 5.41) is 1.18. The Morgan fingerprint density at radius 1 is 1.11 bits per heavy atom. The third kappa shape index (κ3) is 4.61. The number of aromatic nitrogens is 2. The van der Waals surface area contributed by atoms with Gasteiger partial charge in [-0.2, -0.15) is 0 Å². The molecular weight excluding hydrogens is 462 g/mol. The van der Waals surface area contributed by atoms with Gasteiger partial charge in [0.05, 0.1) is 5.69 Å². The summed E-state index contributed by atoms with van der Waals surface area (Å²) in [5.41, 5.74) is 13.1. The number of carbonyl (C=O) groups is 1. The maximum atomic E-state index is 12.6. The molecule has 5 rings (SSSR count). The number of allylic oxidation sites excluding steroid dienone is 1. The maximum Gasteiger partial charge on any atom is 0.268 e. The highest BCUT2D eigenvalue weighted by Crippen LogP contribution is 2.43. The monoisotopic (exact) mass is 501 g/mol. The zero-order valence-corrected chi connectivity index (χ0v) is 22.8. The lowest BCUT2D eigenvalue weighted by Gasteiger charge is -2.41. The molecule has 196 valence electrons. The summed E-state index contributed by atoms with van der Waals surface area (Å²) >= 11 is 0. The normalized spacial score (nSPS) is 19.5. The molecule has 1 amide bonds. The van der Waals surface area contributed by atoms with Crippen LogP contribution in [0.5, 0.6) is 0 Å². The molecule has 1 fully saturated rings. The minimum Gasteiger partial charge on any atom is -0.469 e. The molecule has 1 saturated heterocycles. The minimum atomic E-state index is -0.424. The first-order chi connectivity index (χ1) is 17.7. The number of hydrogen-bond donors (Lipinski definition) is 2. The molecule has 2 aliphatic rings. The van der Waals surface area contributed by atoms with E-state index >= 15 is 0 Å². The second-order valence-electron chi connectivity index (χ2n) is 11.1. The second kappa shape index (κ2) is 9.86. The van der Waals surface area contributed by atoms with Gasteiger partial charge in [0, 0.05) is 59.1 Å². The van der Waals surface area contributed by atoms with Crippen molar-refractivity contribution in [3.63, 3.8) is 0 Å². The van der Waals surface area contributed by atoms with Crippen LogP contribution < -0.4 is 5.73 Å². The highest BCUT2D eigenvalue weighted by Gasteiger charge is 2.41. The number of nitrogens with one attached hydrogen (secondary N) is 1. The molecule has 4 heterocycles. The molecule has 2 aromatic heterocycles. The number of primary amides is 1. The number of likely N-dealkylation sites (tertiary alicyclic amines) is 1. The summed E-state index contributed by atoms with van der Waals surface area (Å²) in [5.74, 6) is 0.497. The van der Waals surface area contributed by atoms with Crippen molar-refractivity contribution in [3.8, 4) is 11.3 Å². The van der Waals surface area contributed by atoms with Crippen LogP contribution in [0.15, 0.2) is 48.0 Å². The number of H-pyrrole nitrogens is 1. The van der Waals surface area contributed by atoms with E-state index in [-0.39, 0.29) is 12.3 Å². The lowest BCUT2D eigenvalue weighted by atomic mass is 9.95. The molecule has 0 aliphatic carbocycles. The van der Waals surface area contributed by atoms with Gasteiger partial charge >= 0.3 is 0 Å². The third-order valence-electron chi connectivity index (χ3n) is 7.90. The zero-order valence-electron chi connectivity index (χ0n) is 22.8. The van der Waals surface area contributed by atoms with E-state index in [9.17, 15) is 4.79 Å². The molecule has 0 spiro atoms. The number of nitrogens with two attached hydrogens (primary N) is 1. The van der Waals surface area contributed by atoms with E-state index in [4.69, 9.17) is 10.5 Å². The lowest BCUT2D eigenvalue weighted by molar-refractivity contribution is -0.117. The number of benzene rings is 1. The molecule has 37 heavy (non-hydrogen) atoms. The molecule has 3 N–H and O–H groups in total. The number of piperidine rings is 1. The van der Waals surface area contributed by atoms with Crippen molar-refractivity contribution in [2.24, 2.45) is 5.73 Å². The van der Waals surface area contributed by atoms with Crippen molar-refractivity contribution < 1.29 is 9.53 Å². The summed E-state index contributed by atoms with van der Waals surface area (Å²) < 4.78 is 6.39. The summed E-state index contributed by atoms with van der Waals surface area (Å²) in [6.45, 7) is 14.8. The van der Waals surface area contributed by atoms with Crippen molar-refractivity contribution in [2.45, 2.75) is 78.6 Å². The Morgan fingerprint density at radius 2 is 1.84 bits per heavy atom. The number of aromatic amines is 1. The maximum absolute atomic E-state index is 12.6. The first-order valence-corrected chi connectivity index (χ1v) is 13.4. The van der Waals surface area contributed by atoms with Gasteiger partial charge in [0.1, 0.15) is 11.5 Å². The van der Waals surface area contributed by atoms with Gasteiger partial charge in [0.25, 0.3) is 5.91 Å². The summed E-state index contributed by atoms with van der Waals surface area (Å²) in [7, 11) is 0. The van der Waals surface area contributed by atoms with Crippen LogP contribution in [0.2, 0.25) is 0 Å².